The molecule has 6 heteroatoms. The van der Waals surface area contributed by atoms with Crippen LogP contribution in [-0.4, -0.2) is 39.5 Å². The Morgan fingerprint density at radius 2 is 2.16 bits per heavy atom. The third-order valence-electron chi connectivity index (χ3n) is 3.38. The first-order valence-electron chi connectivity index (χ1n) is 6.40. The summed E-state index contributed by atoms with van der Waals surface area (Å²) in [6.45, 7) is 1.87. The number of nitrogens with zero attached hydrogens (tertiary/aromatic N) is 1. The third kappa shape index (κ3) is 3.26. The summed E-state index contributed by atoms with van der Waals surface area (Å²) < 4.78 is 31.6. The van der Waals surface area contributed by atoms with Crippen LogP contribution in [0.25, 0.3) is 0 Å². The number of hydrogen-bond acceptors (Lipinski definition) is 4. The van der Waals surface area contributed by atoms with Crippen LogP contribution in [0.5, 0.6) is 0 Å². The lowest BCUT2D eigenvalue weighted by atomic mass is 10.0. The van der Waals surface area contributed by atoms with Crippen LogP contribution in [0.15, 0.2) is 29.2 Å². The maximum Gasteiger partial charge on any atom is 0.244 e. The highest BCUT2D eigenvalue weighted by Gasteiger charge is 2.26. The maximum atomic E-state index is 12.4. The molecule has 1 fully saturated rings. The topological polar surface area (TPSA) is 72.6 Å². The molecule has 106 valence electrons. The molecule has 1 atom stereocenters. The monoisotopic (exact) mass is 284 g/mol. The van der Waals surface area contributed by atoms with Crippen LogP contribution in [0.2, 0.25) is 0 Å². The number of nitrogen functional groups attached to an aromatic ring is 1. The first-order chi connectivity index (χ1) is 9.01. The van der Waals surface area contributed by atoms with Gasteiger partial charge in [0.05, 0.1) is 12.3 Å². The standard InChI is InChI=1S/C13H20N2O3S/c1-15(9-11-5-4-8-18-10-11)19(16,17)13-7-3-2-6-12(13)14/h2-3,6-7,11H,4-5,8-10,14H2,1H3. The number of rotatable bonds is 4. The second-order valence-electron chi connectivity index (χ2n) is 4.91. The van der Waals surface area contributed by atoms with E-state index in [9.17, 15) is 8.42 Å². The van der Waals surface area contributed by atoms with Crippen molar-refractivity contribution >= 4 is 15.7 Å². The van der Waals surface area contributed by atoms with Gasteiger partial charge in [-0.15, -0.1) is 0 Å². The molecule has 1 aromatic carbocycles. The van der Waals surface area contributed by atoms with Crippen molar-refractivity contribution in [2.75, 3.05) is 32.5 Å². The third-order valence-corrected chi connectivity index (χ3v) is 5.27. The molecule has 19 heavy (non-hydrogen) atoms. The van der Waals surface area contributed by atoms with Gasteiger partial charge < -0.3 is 10.5 Å². The van der Waals surface area contributed by atoms with Crippen molar-refractivity contribution in [2.45, 2.75) is 17.7 Å². The lowest BCUT2D eigenvalue weighted by Gasteiger charge is -2.27. The molecule has 5 nitrogen and oxygen atoms in total. The van der Waals surface area contributed by atoms with Crippen molar-refractivity contribution in [1.29, 1.82) is 0 Å². The number of benzene rings is 1. The number of sulfonamides is 1. The highest BCUT2D eigenvalue weighted by molar-refractivity contribution is 7.89. The van der Waals surface area contributed by atoms with E-state index in [-0.39, 0.29) is 16.5 Å². The zero-order chi connectivity index (χ0) is 13.9. The number of para-hydroxylation sites is 1. The molecule has 1 heterocycles. The molecule has 0 aliphatic carbocycles. The van der Waals surface area contributed by atoms with Gasteiger partial charge in [0.2, 0.25) is 10.0 Å². The Bertz CT molecular complexity index is 524. The summed E-state index contributed by atoms with van der Waals surface area (Å²) in [5.41, 5.74) is 6.03. The minimum absolute atomic E-state index is 0.175. The molecular weight excluding hydrogens is 264 g/mol. The van der Waals surface area contributed by atoms with Gasteiger partial charge in [0, 0.05) is 20.2 Å². The molecule has 0 amide bonds. The van der Waals surface area contributed by atoms with Gasteiger partial charge in [-0.1, -0.05) is 12.1 Å². The highest BCUT2D eigenvalue weighted by Crippen LogP contribution is 2.23. The van der Waals surface area contributed by atoms with Gasteiger partial charge in [0.25, 0.3) is 0 Å². The Labute approximate surface area is 114 Å². The van der Waals surface area contributed by atoms with Gasteiger partial charge in [-0.05, 0) is 30.9 Å². The van der Waals surface area contributed by atoms with E-state index in [2.05, 4.69) is 0 Å². The van der Waals surface area contributed by atoms with Crippen LogP contribution in [0.3, 0.4) is 0 Å². The zero-order valence-electron chi connectivity index (χ0n) is 11.1. The van der Waals surface area contributed by atoms with Crippen molar-refractivity contribution < 1.29 is 13.2 Å². The summed E-state index contributed by atoms with van der Waals surface area (Å²) in [4.78, 5) is 0.175. The molecule has 1 saturated heterocycles. The van der Waals surface area contributed by atoms with E-state index in [0.717, 1.165) is 19.4 Å². The number of hydrogen-bond donors (Lipinski definition) is 1. The molecule has 2 N–H and O–H groups in total. The molecule has 1 aromatic rings. The molecule has 1 aliphatic rings. The van der Waals surface area contributed by atoms with Gasteiger partial charge in [-0.2, -0.15) is 0 Å². The zero-order valence-corrected chi connectivity index (χ0v) is 11.9. The molecule has 0 aromatic heterocycles. The van der Waals surface area contributed by atoms with E-state index in [1.165, 1.54) is 4.31 Å². The molecule has 0 saturated carbocycles. The summed E-state index contributed by atoms with van der Waals surface area (Å²) >= 11 is 0. The average molecular weight is 284 g/mol. The van der Waals surface area contributed by atoms with E-state index in [1.807, 2.05) is 0 Å². The highest BCUT2D eigenvalue weighted by atomic mass is 32.2. The van der Waals surface area contributed by atoms with Crippen molar-refractivity contribution in [3.8, 4) is 0 Å². The normalized spacial score (nSPS) is 20.6. The van der Waals surface area contributed by atoms with Crippen molar-refractivity contribution in [1.82, 2.24) is 4.31 Å². The van der Waals surface area contributed by atoms with E-state index in [1.54, 1.807) is 31.3 Å². The van der Waals surface area contributed by atoms with Crippen LogP contribution in [0.4, 0.5) is 5.69 Å². The average Bonchev–Trinajstić information content (AvgIpc) is 2.40. The fourth-order valence-electron chi connectivity index (χ4n) is 2.30. The number of anilines is 1. The van der Waals surface area contributed by atoms with Gasteiger partial charge in [0.15, 0.2) is 0 Å². The van der Waals surface area contributed by atoms with Crippen LogP contribution in [-0.2, 0) is 14.8 Å². The fourth-order valence-corrected chi connectivity index (χ4v) is 3.66. The predicted molar refractivity (Wildman–Crippen MR) is 74.2 cm³/mol. The molecular formula is C13H20N2O3S. The molecule has 0 radical (unpaired) electrons. The summed E-state index contributed by atoms with van der Waals surface area (Å²) in [7, 11) is -1.92. The molecule has 2 rings (SSSR count). The molecule has 0 spiro atoms. The van der Waals surface area contributed by atoms with Crippen LogP contribution in [0.1, 0.15) is 12.8 Å². The predicted octanol–water partition coefficient (Wildman–Crippen LogP) is 1.32. The van der Waals surface area contributed by atoms with Gasteiger partial charge in [-0.3, -0.25) is 0 Å². The van der Waals surface area contributed by atoms with Crippen LogP contribution >= 0.6 is 0 Å². The number of ether oxygens (including phenoxy) is 1. The number of nitrogens with two attached hydrogens (primary N) is 1. The Morgan fingerprint density at radius 3 is 2.79 bits per heavy atom. The SMILES string of the molecule is CN(CC1CCCOC1)S(=O)(=O)c1ccccc1N. The Kier molecular flexibility index (Phi) is 4.44. The Hall–Kier alpha value is -1.11. The quantitative estimate of drug-likeness (QED) is 0.846. The summed E-state index contributed by atoms with van der Waals surface area (Å²) in [6.07, 6.45) is 2.00. The van der Waals surface area contributed by atoms with Gasteiger partial charge in [-0.25, -0.2) is 12.7 Å². The lowest BCUT2D eigenvalue weighted by Crippen LogP contribution is -2.35. The van der Waals surface area contributed by atoms with E-state index in [4.69, 9.17) is 10.5 Å². The Morgan fingerprint density at radius 1 is 1.42 bits per heavy atom. The smallest absolute Gasteiger partial charge is 0.244 e. The minimum atomic E-state index is -3.52. The second kappa shape index (κ2) is 5.90. The lowest BCUT2D eigenvalue weighted by molar-refractivity contribution is 0.0495. The summed E-state index contributed by atoms with van der Waals surface area (Å²) in [6, 6.07) is 6.55. The van der Waals surface area contributed by atoms with Gasteiger partial charge >= 0.3 is 0 Å². The molecule has 1 unspecified atom stereocenters. The van der Waals surface area contributed by atoms with Gasteiger partial charge in [0.1, 0.15) is 4.90 Å². The maximum absolute atomic E-state index is 12.4. The fraction of sp³-hybridized carbons (Fsp3) is 0.538. The second-order valence-corrected chi connectivity index (χ2v) is 6.92. The molecule has 0 bridgehead atoms. The largest absolute Gasteiger partial charge is 0.398 e. The molecule has 1 aliphatic heterocycles. The van der Waals surface area contributed by atoms with E-state index < -0.39 is 10.0 Å². The van der Waals surface area contributed by atoms with Crippen molar-refractivity contribution in [3.05, 3.63) is 24.3 Å². The van der Waals surface area contributed by atoms with Crippen molar-refractivity contribution in [2.24, 2.45) is 5.92 Å². The first kappa shape index (κ1) is 14.3. The Balaban J connectivity index is 2.13. The van der Waals surface area contributed by atoms with Crippen LogP contribution in [0, 0.1) is 5.92 Å². The summed E-state index contributed by atoms with van der Waals surface area (Å²) in [5, 5.41) is 0. The minimum Gasteiger partial charge on any atom is -0.398 e. The summed E-state index contributed by atoms with van der Waals surface area (Å²) in [5.74, 6) is 0.262. The van der Waals surface area contributed by atoms with E-state index >= 15 is 0 Å². The van der Waals surface area contributed by atoms with Crippen molar-refractivity contribution in [3.63, 3.8) is 0 Å². The van der Waals surface area contributed by atoms with E-state index in [0.29, 0.717) is 13.2 Å². The first-order valence-corrected chi connectivity index (χ1v) is 7.84. The van der Waals surface area contributed by atoms with Crippen LogP contribution < -0.4 is 5.73 Å².